The fraction of sp³-hybridized carbons (Fsp3) is 0.154. The monoisotopic (exact) mass is 230 g/mol. The SMILES string of the molecule is Fc1cc(NC2COc3ccccc32)ccn1. The van der Waals surface area contributed by atoms with Gasteiger partial charge < -0.3 is 10.1 Å². The molecule has 4 heteroatoms. The number of ether oxygens (including phenoxy) is 1. The molecule has 0 aliphatic carbocycles. The zero-order valence-corrected chi connectivity index (χ0v) is 9.06. The van der Waals surface area contributed by atoms with Crippen LogP contribution in [0.25, 0.3) is 0 Å². The van der Waals surface area contributed by atoms with Gasteiger partial charge in [-0.25, -0.2) is 4.98 Å². The van der Waals surface area contributed by atoms with Gasteiger partial charge in [0.1, 0.15) is 12.4 Å². The van der Waals surface area contributed by atoms with Crippen LogP contribution in [0.4, 0.5) is 10.1 Å². The second kappa shape index (κ2) is 4.05. The molecule has 0 bridgehead atoms. The van der Waals surface area contributed by atoms with Crippen LogP contribution in [-0.2, 0) is 0 Å². The quantitative estimate of drug-likeness (QED) is 0.805. The zero-order valence-electron chi connectivity index (χ0n) is 9.06. The van der Waals surface area contributed by atoms with E-state index in [4.69, 9.17) is 4.74 Å². The lowest BCUT2D eigenvalue weighted by molar-refractivity contribution is 0.340. The van der Waals surface area contributed by atoms with E-state index in [0.717, 1.165) is 11.3 Å². The van der Waals surface area contributed by atoms with E-state index >= 15 is 0 Å². The van der Waals surface area contributed by atoms with Gasteiger partial charge in [-0.15, -0.1) is 0 Å². The summed E-state index contributed by atoms with van der Waals surface area (Å²) in [5, 5.41) is 3.23. The molecule has 3 rings (SSSR count). The van der Waals surface area contributed by atoms with Crippen LogP contribution in [0.2, 0.25) is 0 Å². The van der Waals surface area contributed by atoms with Crippen molar-refractivity contribution in [3.63, 3.8) is 0 Å². The van der Waals surface area contributed by atoms with Gasteiger partial charge in [0, 0.05) is 23.5 Å². The number of halogens is 1. The highest BCUT2D eigenvalue weighted by Crippen LogP contribution is 2.33. The van der Waals surface area contributed by atoms with Crippen molar-refractivity contribution in [3.8, 4) is 5.75 Å². The summed E-state index contributed by atoms with van der Waals surface area (Å²) in [5.74, 6) is 0.404. The zero-order chi connectivity index (χ0) is 11.7. The Balaban J connectivity index is 1.84. The smallest absolute Gasteiger partial charge is 0.214 e. The van der Waals surface area contributed by atoms with Crippen molar-refractivity contribution in [2.75, 3.05) is 11.9 Å². The molecule has 0 saturated heterocycles. The van der Waals surface area contributed by atoms with E-state index in [1.165, 1.54) is 12.3 Å². The number of para-hydroxylation sites is 1. The molecule has 86 valence electrons. The Morgan fingerprint density at radius 2 is 2.18 bits per heavy atom. The Bertz CT molecular complexity index is 544. The van der Waals surface area contributed by atoms with E-state index in [9.17, 15) is 4.39 Å². The standard InChI is InChI=1S/C13H11FN2O/c14-13-7-9(5-6-15-13)16-11-8-17-12-4-2-1-3-10(11)12/h1-7,11H,8H2,(H,15,16). The number of rotatable bonds is 2. The molecule has 1 unspecified atom stereocenters. The van der Waals surface area contributed by atoms with Crippen molar-refractivity contribution < 1.29 is 9.13 Å². The first kappa shape index (κ1) is 10.1. The number of fused-ring (bicyclic) bond motifs is 1. The molecule has 3 nitrogen and oxygen atoms in total. The highest BCUT2D eigenvalue weighted by Gasteiger charge is 2.23. The number of anilines is 1. The van der Waals surface area contributed by atoms with Crippen LogP contribution in [-0.4, -0.2) is 11.6 Å². The van der Waals surface area contributed by atoms with Gasteiger partial charge in [-0.05, 0) is 12.1 Å². The van der Waals surface area contributed by atoms with E-state index < -0.39 is 5.95 Å². The molecule has 2 heterocycles. The molecule has 2 aromatic rings. The summed E-state index contributed by atoms with van der Waals surface area (Å²) in [6, 6.07) is 11.0. The van der Waals surface area contributed by atoms with Crippen molar-refractivity contribution in [3.05, 3.63) is 54.1 Å². The summed E-state index contributed by atoms with van der Waals surface area (Å²) in [7, 11) is 0. The van der Waals surface area contributed by atoms with Gasteiger partial charge in [0.05, 0.1) is 6.04 Å². The van der Waals surface area contributed by atoms with Crippen molar-refractivity contribution in [2.24, 2.45) is 0 Å². The molecule has 1 aromatic carbocycles. The normalized spacial score (nSPS) is 17.4. The molecule has 0 saturated carbocycles. The summed E-state index contributed by atoms with van der Waals surface area (Å²) in [6.07, 6.45) is 1.44. The lowest BCUT2D eigenvalue weighted by Gasteiger charge is -2.12. The van der Waals surface area contributed by atoms with Gasteiger partial charge >= 0.3 is 0 Å². The molecule has 0 fully saturated rings. The van der Waals surface area contributed by atoms with Crippen molar-refractivity contribution in [1.82, 2.24) is 4.98 Å². The minimum atomic E-state index is -0.484. The van der Waals surface area contributed by atoms with Crippen LogP contribution >= 0.6 is 0 Å². The number of aromatic nitrogens is 1. The van der Waals surface area contributed by atoms with Crippen molar-refractivity contribution >= 4 is 5.69 Å². The van der Waals surface area contributed by atoms with Crippen LogP contribution < -0.4 is 10.1 Å². The number of nitrogens with one attached hydrogen (secondary N) is 1. The molecule has 1 aromatic heterocycles. The van der Waals surface area contributed by atoms with E-state index in [0.29, 0.717) is 12.3 Å². The Morgan fingerprint density at radius 1 is 1.29 bits per heavy atom. The summed E-state index contributed by atoms with van der Waals surface area (Å²) in [5.41, 5.74) is 1.81. The Kier molecular flexibility index (Phi) is 2.40. The van der Waals surface area contributed by atoms with Crippen LogP contribution in [0.5, 0.6) is 5.75 Å². The first-order valence-electron chi connectivity index (χ1n) is 5.43. The fourth-order valence-electron chi connectivity index (χ4n) is 1.98. The predicted molar refractivity (Wildman–Crippen MR) is 62.5 cm³/mol. The molecular formula is C13H11FN2O. The Morgan fingerprint density at radius 3 is 3.06 bits per heavy atom. The fourth-order valence-corrected chi connectivity index (χ4v) is 1.98. The minimum absolute atomic E-state index is 0.0630. The van der Waals surface area contributed by atoms with Crippen LogP contribution in [0.1, 0.15) is 11.6 Å². The molecule has 1 aliphatic heterocycles. The third-order valence-electron chi connectivity index (χ3n) is 2.77. The number of benzene rings is 1. The van der Waals surface area contributed by atoms with E-state index in [1.54, 1.807) is 6.07 Å². The minimum Gasteiger partial charge on any atom is -0.491 e. The van der Waals surface area contributed by atoms with Crippen molar-refractivity contribution in [2.45, 2.75) is 6.04 Å². The highest BCUT2D eigenvalue weighted by atomic mass is 19.1. The van der Waals surface area contributed by atoms with Gasteiger partial charge in [-0.1, -0.05) is 18.2 Å². The van der Waals surface area contributed by atoms with E-state index in [2.05, 4.69) is 10.3 Å². The predicted octanol–water partition coefficient (Wildman–Crippen LogP) is 2.77. The molecule has 0 radical (unpaired) electrons. The number of nitrogens with zero attached hydrogens (tertiary/aromatic N) is 1. The lowest BCUT2D eigenvalue weighted by atomic mass is 10.1. The van der Waals surface area contributed by atoms with Crippen LogP contribution in [0, 0.1) is 5.95 Å². The number of pyridine rings is 1. The lowest BCUT2D eigenvalue weighted by Crippen LogP contribution is -2.12. The van der Waals surface area contributed by atoms with Crippen LogP contribution in [0.3, 0.4) is 0 Å². The van der Waals surface area contributed by atoms with Gasteiger partial charge in [0.2, 0.25) is 5.95 Å². The van der Waals surface area contributed by atoms with Crippen molar-refractivity contribution in [1.29, 1.82) is 0 Å². The van der Waals surface area contributed by atoms with E-state index in [1.807, 2.05) is 24.3 Å². The molecular weight excluding hydrogens is 219 g/mol. The summed E-state index contributed by atoms with van der Waals surface area (Å²) >= 11 is 0. The number of hydrogen-bond donors (Lipinski definition) is 1. The summed E-state index contributed by atoms with van der Waals surface area (Å²) in [6.45, 7) is 0.559. The molecule has 0 spiro atoms. The Labute approximate surface area is 98.3 Å². The molecule has 0 amide bonds. The maximum Gasteiger partial charge on any atom is 0.214 e. The Hall–Kier alpha value is -2.10. The topological polar surface area (TPSA) is 34.1 Å². The maximum absolute atomic E-state index is 13.0. The average Bonchev–Trinajstić information content (AvgIpc) is 2.73. The number of hydrogen-bond acceptors (Lipinski definition) is 3. The van der Waals surface area contributed by atoms with E-state index in [-0.39, 0.29) is 6.04 Å². The highest BCUT2D eigenvalue weighted by molar-refractivity contribution is 5.48. The third kappa shape index (κ3) is 1.93. The van der Waals surface area contributed by atoms with Gasteiger partial charge in [-0.2, -0.15) is 4.39 Å². The molecule has 17 heavy (non-hydrogen) atoms. The molecule has 1 atom stereocenters. The van der Waals surface area contributed by atoms with Gasteiger partial charge in [-0.3, -0.25) is 0 Å². The first-order chi connectivity index (χ1) is 8.33. The van der Waals surface area contributed by atoms with Gasteiger partial charge in [0.25, 0.3) is 0 Å². The summed E-state index contributed by atoms with van der Waals surface area (Å²) in [4.78, 5) is 3.52. The second-order valence-electron chi connectivity index (χ2n) is 3.91. The summed E-state index contributed by atoms with van der Waals surface area (Å²) < 4.78 is 18.5. The molecule has 1 N–H and O–H groups in total. The first-order valence-corrected chi connectivity index (χ1v) is 5.43. The molecule has 1 aliphatic rings. The van der Waals surface area contributed by atoms with Crippen LogP contribution in [0.15, 0.2) is 42.6 Å². The largest absolute Gasteiger partial charge is 0.491 e. The van der Waals surface area contributed by atoms with Gasteiger partial charge in [0.15, 0.2) is 0 Å². The third-order valence-corrected chi connectivity index (χ3v) is 2.77. The average molecular weight is 230 g/mol. The maximum atomic E-state index is 13.0. The second-order valence-corrected chi connectivity index (χ2v) is 3.91.